The maximum atomic E-state index is 12.0. The molecule has 0 amide bonds. The maximum Gasteiger partial charge on any atom is 0.279 e. The van der Waals surface area contributed by atoms with Crippen LogP contribution in [0.2, 0.25) is 0 Å². The molecule has 1 atom stereocenters. The molecule has 0 aromatic carbocycles. The minimum absolute atomic E-state index is 0.430. The molecule has 7 heteroatoms. The lowest BCUT2D eigenvalue weighted by atomic mass is 9.99. The first kappa shape index (κ1) is 16.8. The van der Waals surface area contributed by atoms with E-state index in [-0.39, 0.29) is 0 Å². The average Bonchev–Trinajstić information content (AvgIpc) is 2.37. The summed E-state index contributed by atoms with van der Waals surface area (Å²) >= 11 is 0. The molecular weight excluding hydrogens is 264 g/mol. The van der Waals surface area contributed by atoms with Crippen LogP contribution in [0.15, 0.2) is 0 Å². The van der Waals surface area contributed by atoms with Gasteiger partial charge in [-0.2, -0.15) is 12.7 Å². The molecule has 1 unspecified atom stereocenters. The van der Waals surface area contributed by atoms with E-state index in [1.807, 2.05) is 7.05 Å². The van der Waals surface area contributed by atoms with Crippen molar-refractivity contribution in [2.45, 2.75) is 19.3 Å². The summed E-state index contributed by atoms with van der Waals surface area (Å²) in [5, 5.41) is 3.02. The molecule has 1 heterocycles. The molecular formula is C12H28N4O2S. The lowest BCUT2D eigenvalue weighted by Crippen LogP contribution is -2.44. The van der Waals surface area contributed by atoms with Gasteiger partial charge in [0.05, 0.1) is 0 Å². The standard InChI is InChI=1S/C12H28N4O2S/c1-13-7-5-9-16(3)19(17,18)14-10-12-6-4-8-15(2)11-12/h12-14H,4-11H2,1-3H3. The van der Waals surface area contributed by atoms with Gasteiger partial charge in [-0.25, -0.2) is 4.72 Å². The van der Waals surface area contributed by atoms with Crippen LogP contribution < -0.4 is 10.0 Å². The van der Waals surface area contributed by atoms with E-state index in [0.717, 1.165) is 38.9 Å². The minimum Gasteiger partial charge on any atom is -0.320 e. The third-order valence-corrected chi connectivity index (χ3v) is 5.12. The van der Waals surface area contributed by atoms with Crippen LogP contribution in [0, 0.1) is 5.92 Å². The van der Waals surface area contributed by atoms with Crippen LogP contribution in [-0.2, 0) is 10.2 Å². The van der Waals surface area contributed by atoms with Crippen LogP contribution in [0.5, 0.6) is 0 Å². The van der Waals surface area contributed by atoms with Gasteiger partial charge in [-0.05, 0) is 52.4 Å². The van der Waals surface area contributed by atoms with Gasteiger partial charge in [0.15, 0.2) is 0 Å². The number of nitrogens with one attached hydrogen (secondary N) is 2. The number of likely N-dealkylation sites (tertiary alicyclic amines) is 1. The Kier molecular flexibility index (Phi) is 7.23. The monoisotopic (exact) mass is 292 g/mol. The Morgan fingerprint density at radius 3 is 2.79 bits per heavy atom. The fourth-order valence-corrected chi connectivity index (χ4v) is 3.41. The van der Waals surface area contributed by atoms with E-state index in [0.29, 0.717) is 19.0 Å². The normalized spacial score (nSPS) is 22.0. The van der Waals surface area contributed by atoms with Gasteiger partial charge in [-0.15, -0.1) is 0 Å². The zero-order valence-electron chi connectivity index (χ0n) is 12.4. The van der Waals surface area contributed by atoms with Gasteiger partial charge in [0.25, 0.3) is 10.2 Å². The predicted octanol–water partition coefficient (Wildman–Crippen LogP) is -0.296. The molecule has 1 rings (SSSR count). The summed E-state index contributed by atoms with van der Waals surface area (Å²) in [4.78, 5) is 2.26. The second-order valence-corrected chi connectivity index (χ2v) is 7.26. The SMILES string of the molecule is CNCCCN(C)S(=O)(=O)NCC1CCCN(C)C1. The van der Waals surface area contributed by atoms with Crippen LogP contribution >= 0.6 is 0 Å². The molecule has 0 aromatic heterocycles. The van der Waals surface area contributed by atoms with Crippen molar-refractivity contribution in [3.63, 3.8) is 0 Å². The van der Waals surface area contributed by atoms with Gasteiger partial charge < -0.3 is 10.2 Å². The fraction of sp³-hybridized carbons (Fsp3) is 1.00. The van der Waals surface area contributed by atoms with Gasteiger partial charge in [0.2, 0.25) is 0 Å². The Morgan fingerprint density at radius 1 is 1.42 bits per heavy atom. The number of nitrogens with zero attached hydrogens (tertiary/aromatic N) is 2. The summed E-state index contributed by atoms with van der Waals surface area (Å²) in [6, 6.07) is 0. The zero-order chi connectivity index (χ0) is 14.3. The molecule has 0 aromatic rings. The van der Waals surface area contributed by atoms with Crippen LogP contribution in [0.4, 0.5) is 0 Å². The molecule has 1 saturated heterocycles. The Labute approximate surface area is 117 Å². The molecule has 6 nitrogen and oxygen atoms in total. The fourth-order valence-electron chi connectivity index (χ4n) is 2.37. The third kappa shape index (κ3) is 6.18. The van der Waals surface area contributed by atoms with Gasteiger partial charge in [-0.3, -0.25) is 0 Å². The van der Waals surface area contributed by atoms with Crippen LogP contribution in [0.1, 0.15) is 19.3 Å². The van der Waals surface area contributed by atoms with E-state index in [4.69, 9.17) is 0 Å². The van der Waals surface area contributed by atoms with E-state index in [1.165, 1.54) is 4.31 Å². The molecule has 0 spiro atoms. The van der Waals surface area contributed by atoms with Gasteiger partial charge in [0.1, 0.15) is 0 Å². The lowest BCUT2D eigenvalue weighted by molar-refractivity contribution is 0.210. The van der Waals surface area contributed by atoms with Crippen molar-refractivity contribution in [3.8, 4) is 0 Å². The summed E-state index contributed by atoms with van der Waals surface area (Å²) in [7, 11) is 2.26. The van der Waals surface area contributed by atoms with E-state index in [9.17, 15) is 8.42 Å². The van der Waals surface area contributed by atoms with Crippen molar-refractivity contribution >= 4 is 10.2 Å². The highest BCUT2D eigenvalue weighted by molar-refractivity contribution is 7.87. The number of rotatable bonds is 8. The molecule has 0 radical (unpaired) electrons. The van der Waals surface area contributed by atoms with Crippen LogP contribution in [-0.4, -0.2) is 71.5 Å². The number of hydrogen-bond donors (Lipinski definition) is 2. The quantitative estimate of drug-likeness (QED) is 0.603. The minimum atomic E-state index is -3.32. The van der Waals surface area contributed by atoms with Gasteiger partial charge in [0, 0.05) is 26.7 Å². The Balaban J connectivity index is 2.32. The molecule has 0 saturated carbocycles. The summed E-state index contributed by atoms with van der Waals surface area (Å²) in [5.74, 6) is 0.430. The van der Waals surface area contributed by atoms with Gasteiger partial charge >= 0.3 is 0 Å². The Hall–Kier alpha value is -0.210. The largest absolute Gasteiger partial charge is 0.320 e. The molecule has 114 valence electrons. The lowest BCUT2D eigenvalue weighted by Gasteiger charge is -2.30. The highest BCUT2D eigenvalue weighted by Crippen LogP contribution is 2.14. The first-order valence-electron chi connectivity index (χ1n) is 6.99. The van der Waals surface area contributed by atoms with Crippen molar-refractivity contribution in [3.05, 3.63) is 0 Å². The van der Waals surface area contributed by atoms with Crippen molar-refractivity contribution in [1.29, 1.82) is 0 Å². The zero-order valence-corrected chi connectivity index (χ0v) is 13.2. The number of piperidine rings is 1. The van der Waals surface area contributed by atoms with Crippen molar-refractivity contribution in [2.75, 3.05) is 53.9 Å². The second-order valence-electron chi connectivity index (χ2n) is 5.40. The summed E-state index contributed by atoms with van der Waals surface area (Å²) < 4.78 is 28.2. The first-order valence-corrected chi connectivity index (χ1v) is 8.44. The second kappa shape index (κ2) is 8.16. The molecule has 1 aliphatic heterocycles. The summed E-state index contributed by atoms with van der Waals surface area (Å²) in [6.45, 7) is 4.01. The molecule has 0 aliphatic carbocycles. The topological polar surface area (TPSA) is 64.7 Å². The highest BCUT2D eigenvalue weighted by atomic mass is 32.2. The molecule has 19 heavy (non-hydrogen) atoms. The van der Waals surface area contributed by atoms with Crippen molar-refractivity contribution < 1.29 is 8.42 Å². The number of hydrogen-bond acceptors (Lipinski definition) is 4. The van der Waals surface area contributed by atoms with Crippen molar-refractivity contribution in [1.82, 2.24) is 19.2 Å². The Morgan fingerprint density at radius 2 is 2.16 bits per heavy atom. The molecule has 0 bridgehead atoms. The smallest absolute Gasteiger partial charge is 0.279 e. The Bertz CT molecular complexity index is 348. The maximum absolute atomic E-state index is 12.0. The summed E-state index contributed by atoms with van der Waals surface area (Å²) in [6.07, 6.45) is 3.08. The van der Waals surface area contributed by atoms with E-state index >= 15 is 0 Å². The van der Waals surface area contributed by atoms with Crippen LogP contribution in [0.3, 0.4) is 0 Å². The molecule has 2 N–H and O–H groups in total. The average molecular weight is 292 g/mol. The first-order chi connectivity index (χ1) is 8.95. The highest BCUT2D eigenvalue weighted by Gasteiger charge is 2.21. The molecule has 1 aliphatic rings. The van der Waals surface area contributed by atoms with E-state index < -0.39 is 10.2 Å². The molecule has 1 fully saturated rings. The van der Waals surface area contributed by atoms with Gasteiger partial charge in [-0.1, -0.05) is 0 Å². The van der Waals surface area contributed by atoms with E-state index in [2.05, 4.69) is 22.0 Å². The third-order valence-electron chi connectivity index (χ3n) is 3.59. The summed E-state index contributed by atoms with van der Waals surface area (Å²) in [5.41, 5.74) is 0. The van der Waals surface area contributed by atoms with Crippen molar-refractivity contribution in [2.24, 2.45) is 5.92 Å². The van der Waals surface area contributed by atoms with Crippen LogP contribution in [0.25, 0.3) is 0 Å². The van der Waals surface area contributed by atoms with E-state index in [1.54, 1.807) is 7.05 Å². The predicted molar refractivity (Wildman–Crippen MR) is 78.3 cm³/mol.